The number of ketones is 1. The molecule has 1 fully saturated rings. The summed E-state index contributed by atoms with van der Waals surface area (Å²) in [4.78, 5) is 12.4. The summed E-state index contributed by atoms with van der Waals surface area (Å²) in [6.45, 7) is 0. The summed E-state index contributed by atoms with van der Waals surface area (Å²) < 4.78 is 62.3. The van der Waals surface area contributed by atoms with E-state index in [2.05, 4.69) is 0 Å². The first-order chi connectivity index (χ1) is 13.4. The van der Waals surface area contributed by atoms with Crippen LogP contribution >= 0.6 is 11.6 Å². The molecule has 0 aliphatic heterocycles. The van der Waals surface area contributed by atoms with Crippen molar-refractivity contribution < 1.29 is 26.4 Å². The largest absolute Gasteiger partial charge is 0.398 e. The van der Waals surface area contributed by atoms with Crippen molar-refractivity contribution in [2.24, 2.45) is 0 Å². The van der Waals surface area contributed by atoms with Crippen molar-refractivity contribution in [2.45, 2.75) is 43.0 Å². The second kappa shape index (κ2) is 7.76. The van der Waals surface area contributed by atoms with Crippen molar-refractivity contribution in [2.75, 3.05) is 6.26 Å². The molecule has 1 aliphatic carbocycles. The molecule has 1 saturated carbocycles. The molecule has 0 N–H and O–H groups in total. The molecule has 156 valence electrons. The number of carbonyl (C=O) groups excluding carboxylic acids is 1. The van der Waals surface area contributed by atoms with Crippen LogP contribution in [0, 0.1) is 0 Å². The second-order valence-electron chi connectivity index (χ2n) is 7.58. The minimum Gasteiger partial charge on any atom is -0.294 e. The van der Waals surface area contributed by atoms with Crippen LogP contribution in [-0.2, 0) is 27.4 Å². The van der Waals surface area contributed by atoms with Crippen LogP contribution < -0.4 is 0 Å². The van der Waals surface area contributed by atoms with Crippen molar-refractivity contribution in [3.05, 3.63) is 69.7 Å². The normalized spacial score (nSPS) is 15.9. The topological polar surface area (TPSA) is 51.2 Å². The first-order valence-corrected chi connectivity index (χ1v) is 11.5. The molecule has 0 unspecified atom stereocenters. The fourth-order valence-electron chi connectivity index (χ4n) is 3.41. The van der Waals surface area contributed by atoms with E-state index in [0.29, 0.717) is 28.1 Å². The molecule has 0 aromatic heterocycles. The van der Waals surface area contributed by atoms with Gasteiger partial charge in [0.2, 0.25) is 0 Å². The zero-order valence-corrected chi connectivity index (χ0v) is 17.3. The number of hydrogen-bond acceptors (Lipinski definition) is 3. The molecule has 0 heterocycles. The number of sulfone groups is 1. The van der Waals surface area contributed by atoms with Crippen LogP contribution in [-0.4, -0.2) is 26.6 Å². The van der Waals surface area contributed by atoms with Crippen LogP contribution in [0.4, 0.5) is 13.2 Å². The van der Waals surface area contributed by atoms with Crippen LogP contribution in [0.5, 0.6) is 0 Å². The molecule has 0 bridgehead atoms. The molecule has 0 spiro atoms. The van der Waals surface area contributed by atoms with Crippen LogP contribution in [0.3, 0.4) is 0 Å². The van der Waals surface area contributed by atoms with E-state index >= 15 is 0 Å². The molecule has 0 atom stereocenters. The molecule has 0 saturated heterocycles. The number of hydrogen-bond donors (Lipinski definition) is 0. The summed E-state index contributed by atoms with van der Waals surface area (Å²) in [5.74, 6) is -0.304. The zero-order valence-electron chi connectivity index (χ0n) is 15.7. The molecular weight excluding hydrogens is 425 g/mol. The fraction of sp³-hybridized carbons (Fsp3) is 0.381. The van der Waals surface area contributed by atoms with Gasteiger partial charge >= 0.3 is 6.18 Å². The smallest absolute Gasteiger partial charge is 0.294 e. The lowest BCUT2D eigenvalue weighted by molar-refractivity contribution is -0.160. The van der Waals surface area contributed by atoms with Crippen LogP contribution in [0.15, 0.2) is 42.5 Å². The van der Waals surface area contributed by atoms with Gasteiger partial charge in [-0.2, -0.15) is 13.2 Å². The van der Waals surface area contributed by atoms with E-state index in [9.17, 15) is 26.4 Å². The highest BCUT2D eigenvalue weighted by molar-refractivity contribution is 7.89. The van der Waals surface area contributed by atoms with Crippen molar-refractivity contribution in [3.63, 3.8) is 0 Å². The number of aryl methyl sites for hydroxylation is 1. The van der Waals surface area contributed by atoms with Gasteiger partial charge < -0.3 is 0 Å². The molecule has 3 rings (SSSR count). The Balaban J connectivity index is 1.64. The summed E-state index contributed by atoms with van der Waals surface area (Å²) in [7, 11) is -3.17. The lowest BCUT2D eigenvalue weighted by atomic mass is 9.93. The minimum atomic E-state index is -4.28. The molecule has 0 amide bonds. The Kier molecular flexibility index (Phi) is 5.84. The highest BCUT2D eigenvalue weighted by Crippen LogP contribution is 2.58. The Morgan fingerprint density at radius 3 is 2.21 bits per heavy atom. The summed E-state index contributed by atoms with van der Waals surface area (Å²) in [6.07, 6.45) is -2.48. The predicted octanol–water partition coefficient (Wildman–Crippen LogP) is 5.29. The lowest BCUT2D eigenvalue weighted by Gasteiger charge is -2.19. The summed E-state index contributed by atoms with van der Waals surface area (Å²) in [5.41, 5.74) is 0.0860. The molecule has 29 heavy (non-hydrogen) atoms. The van der Waals surface area contributed by atoms with Gasteiger partial charge in [-0.25, -0.2) is 8.42 Å². The summed E-state index contributed by atoms with van der Waals surface area (Å²) in [5, 5.41) is 0.384. The van der Waals surface area contributed by atoms with Crippen molar-refractivity contribution in [3.8, 4) is 0 Å². The van der Waals surface area contributed by atoms with Crippen LogP contribution in [0.25, 0.3) is 0 Å². The van der Waals surface area contributed by atoms with Gasteiger partial charge in [-0.15, -0.1) is 0 Å². The van der Waals surface area contributed by atoms with Crippen molar-refractivity contribution in [1.82, 2.24) is 0 Å². The van der Waals surface area contributed by atoms with E-state index < -0.39 is 21.4 Å². The van der Waals surface area contributed by atoms with E-state index in [0.717, 1.165) is 6.26 Å². The third-order valence-electron chi connectivity index (χ3n) is 5.22. The molecule has 1 aliphatic rings. The van der Waals surface area contributed by atoms with Gasteiger partial charge in [0, 0.05) is 23.3 Å². The van der Waals surface area contributed by atoms with Gasteiger partial charge in [0.1, 0.15) is 0 Å². The predicted molar refractivity (Wildman–Crippen MR) is 106 cm³/mol. The number of benzene rings is 2. The molecule has 0 radical (unpaired) electrons. The molecule has 2 aromatic carbocycles. The highest BCUT2D eigenvalue weighted by Gasteiger charge is 2.64. The van der Waals surface area contributed by atoms with Gasteiger partial charge in [0.05, 0.1) is 11.2 Å². The SMILES string of the molecule is CS(=O)(=O)Cc1ccc(CCC(=O)c2ccc(C3(C(F)(F)F)CC3)cc2)c(Cl)c1. The standard InChI is InChI=1S/C21H20ClF3O3S/c1-29(27,28)13-14-2-3-15(18(22)12-14)6-9-19(26)16-4-7-17(8-5-16)20(10-11-20)21(23,24)25/h2-5,7-8,12H,6,9-11,13H2,1H3. The maximum atomic E-state index is 13.2. The average Bonchev–Trinajstić information content (AvgIpc) is 3.41. The number of alkyl halides is 3. The number of halogens is 4. The van der Waals surface area contributed by atoms with E-state index in [1.165, 1.54) is 24.3 Å². The number of Topliss-reactive ketones (excluding diaryl/α,β-unsaturated/α-hetero) is 1. The molecular formula is C21H20ClF3O3S. The Bertz CT molecular complexity index is 1020. The van der Waals surface area contributed by atoms with E-state index in [1.54, 1.807) is 18.2 Å². The Hall–Kier alpha value is -1.86. The molecule has 3 nitrogen and oxygen atoms in total. The minimum absolute atomic E-state index is 0.0810. The zero-order chi connectivity index (χ0) is 21.4. The highest BCUT2D eigenvalue weighted by atomic mass is 35.5. The third kappa shape index (κ3) is 5.01. The lowest BCUT2D eigenvalue weighted by Crippen LogP contribution is -2.28. The van der Waals surface area contributed by atoms with Gasteiger partial charge in [-0.1, -0.05) is 48.0 Å². The van der Waals surface area contributed by atoms with Gasteiger partial charge in [-0.3, -0.25) is 4.79 Å². The van der Waals surface area contributed by atoms with E-state index in [-0.39, 0.29) is 36.4 Å². The Labute approximate surface area is 172 Å². The van der Waals surface area contributed by atoms with Gasteiger partial charge in [-0.05, 0) is 42.0 Å². The summed E-state index contributed by atoms with van der Waals surface area (Å²) >= 11 is 6.20. The van der Waals surface area contributed by atoms with E-state index in [4.69, 9.17) is 11.6 Å². The average molecular weight is 445 g/mol. The first kappa shape index (κ1) is 21.8. The third-order valence-corrected chi connectivity index (χ3v) is 6.43. The quantitative estimate of drug-likeness (QED) is 0.545. The maximum absolute atomic E-state index is 13.2. The monoisotopic (exact) mass is 444 g/mol. The van der Waals surface area contributed by atoms with Crippen molar-refractivity contribution >= 4 is 27.2 Å². The first-order valence-electron chi connectivity index (χ1n) is 9.07. The van der Waals surface area contributed by atoms with Gasteiger partial charge in [0.15, 0.2) is 15.6 Å². The molecule has 8 heteroatoms. The summed E-state index contributed by atoms with van der Waals surface area (Å²) in [6, 6.07) is 10.6. The van der Waals surface area contributed by atoms with E-state index in [1.807, 2.05) is 0 Å². The number of rotatable bonds is 7. The van der Waals surface area contributed by atoms with Crippen LogP contribution in [0.1, 0.15) is 46.3 Å². The second-order valence-corrected chi connectivity index (χ2v) is 10.1. The Morgan fingerprint density at radius 2 is 1.72 bits per heavy atom. The Morgan fingerprint density at radius 1 is 1.10 bits per heavy atom. The van der Waals surface area contributed by atoms with Crippen LogP contribution in [0.2, 0.25) is 5.02 Å². The number of carbonyl (C=O) groups is 1. The maximum Gasteiger partial charge on any atom is 0.398 e. The fourth-order valence-corrected chi connectivity index (χ4v) is 4.50. The molecule has 2 aromatic rings. The van der Waals surface area contributed by atoms with Crippen molar-refractivity contribution in [1.29, 1.82) is 0 Å². The van der Waals surface area contributed by atoms with Gasteiger partial charge in [0.25, 0.3) is 0 Å².